The molecule has 2 aromatic rings. The summed E-state index contributed by atoms with van der Waals surface area (Å²) in [5, 5.41) is 3.09. The van der Waals surface area contributed by atoms with Crippen LogP contribution in [0.1, 0.15) is 39.3 Å². The number of rotatable bonds is 10. The number of benzene rings is 1. The minimum Gasteiger partial charge on any atom is -0.461 e. The topological polar surface area (TPSA) is 121 Å². The molecule has 0 radical (unpaired) electrons. The van der Waals surface area contributed by atoms with Crippen molar-refractivity contribution in [1.29, 1.82) is 0 Å². The average Bonchev–Trinajstić information content (AvgIpc) is 3.53. The van der Waals surface area contributed by atoms with Crippen molar-refractivity contribution in [1.82, 2.24) is 14.6 Å². The van der Waals surface area contributed by atoms with Crippen LogP contribution in [0.25, 0.3) is 0 Å². The largest absolute Gasteiger partial charge is 0.461 e. The highest BCUT2D eigenvalue weighted by atomic mass is 31.2. The number of carbonyl (C=O) groups is 1. The normalized spacial score (nSPS) is 24.2. The monoisotopic (exact) mass is 477 g/mol. The first-order chi connectivity index (χ1) is 15.9. The molecular weight excluding hydrogens is 449 g/mol. The number of para-hydroxylation sites is 1. The zero-order valence-electron chi connectivity index (χ0n) is 18.5. The molecule has 33 heavy (non-hydrogen) atoms. The van der Waals surface area contributed by atoms with E-state index < -0.39 is 32.0 Å². The van der Waals surface area contributed by atoms with Crippen LogP contribution in [0.2, 0.25) is 0 Å². The van der Waals surface area contributed by atoms with Crippen LogP contribution < -0.4 is 20.9 Å². The predicted octanol–water partition coefficient (Wildman–Crippen LogP) is 2.47. The van der Waals surface area contributed by atoms with E-state index in [1.165, 1.54) is 16.8 Å². The minimum absolute atomic E-state index is 0.0191. The van der Waals surface area contributed by atoms with Crippen molar-refractivity contribution in [2.24, 2.45) is 5.92 Å². The van der Waals surface area contributed by atoms with Crippen molar-refractivity contribution >= 4 is 14.5 Å². The SMILES string of the molecule is CC1CC(COP(N[C@@H](C)C(=O)OC2CC2)Oc2ccccc2)OC1n1ccc(=O)[nH]c1=O. The molecule has 2 N–H and O–H groups in total. The average molecular weight is 477 g/mol. The summed E-state index contributed by atoms with van der Waals surface area (Å²) in [6.07, 6.45) is 3.12. The van der Waals surface area contributed by atoms with Gasteiger partial charge in [0.05, 0.1) is 12.7 Å². The van der Waals surface area contributed by atoms with E-state index in [0.29, 0.717) is 12.2 Å². The summed E-state index contributed by atoms with van der Waals surface area (Å²) >= 11 is 0. The van der Waals surface area contributed by atoms with Crippen LogP contribution in [0.5, 0.6) is 5.75 Å². The van der Waals surface area contributed by atoms with Gasteiger partial charge in [-0.1, -0.05) is 25.1 Å². The Morgan fingerprint density at radius 1 is 1.27 bits per heavy atom. The van der Waals surface area contributed by atoms with E-state index in [-0.39, 0.29) is 30.7 Å². The third-order valence-electron chi connectivity index (χ3n) is 5.35. The van der Waals surface area contributed by atoms with E-state index in [1.807, 2.05) is 25.1 Å². The Morgan fingerprint density at radius 3 is 2.73 bits per heavy atom. The first-order valence-corrected chi connectivity index (χ1v) is 12.2. The van der Waals surface area contributed by atoms with E-state index in [0.717, 1.165) is 12.8 Å². The van der Waals surface area contributed by atoms with Gasteiger partial charge in [0.2, 0.25) is 0 Å². The van der Waals surface area contributed by atoms with Gasteiger partial charge in [-0.3, -0.25) is 19.1 Å². The molecule has 4 rings (SSSR count). The van der Waals surface area contributed by atoms with Crippen LogP contribution in [-0.2, 0) is 18.8 Å². The number of aromatic amines is 1. The molecule has 0 amide bonds. The van der Waals surface area contributed by atoms with Crippen molar-refractivity contribution in [3.05, 3.63) is 63.4 Å². The third-order valence-corrected chi connectivity index (χ3v) is 6.71. The number of hydrogen-bond acceptors (Lipinski definition) is 8. The lowest BCUT2D eigenvalue weighted by atomic mass is 10.1. The molecule has 4 unspecified atom stereocenters. The zero-order valence-corrected chi connectivity index (χ0v) is 19.4. The van der Waals surface area contributed by atoms with Gasteiger partial charge in [-0.15, -0.1) is 0 Å². The summed E-state index contributed by atoms with van der Waals surface area (Å²) < 4.78 is 24.8. The standard InChI is InChI=1S/C22H28N3O7P/c1-14-12-18(30-20(14)25-11-10-19(26)23-22(25)28)13-29-33(32-17-6-4-3-5-7-17)24-15(2)21(27)31-16-8-9-16/h3-7,10-11,14-16,18,20,24H,8-9,12-13H2,1-2H3,(H,23,26,28)/t14?,15-,18?,20?,33?/m0/s1. The predicted molar refractivity (Wildman–Crippen MR) is 121 cm³/mol. The number of ether oxygens (including phenoxy) is 2. The number of nitrogens with one attached hydrogen (secondary N) is 2. The highest BCUT2D eigenvalue weighted by molar-refractivity contribution is 7.45. The second-order valence-corrected chi connectivity index (χ2v) is 9.54. The van der Waals surface area contributed by atoms with E-state index in [4.69, 9.17) is 18.5 Å². The van der Waals surface area contributed by atoms with Gasteiger partial charge in [-0.25, -0.2) is 9.88 Å². The Morgan fingerprint density at radius 2 is 2.03 bits per heavy atom. The summed E-state index contributed by atoms with van der Waals surface area (Å²) in [5.74, 6) is 0.301. The maximum absolute atomic E-state index is 12.3. The van der Waals surface area contributed by atoms with Crippen LogP contribution in [-0.4, -0.2) is 40.4 Å². The molecule has 1 aromatic carbocycles. The van der Waals surface area contributed by atoms with Gasteiger partial charge in [0.15, 0.2) is 0 Å². The fourth-order valence-electron chi connectivity index (χ4n) is 3.47. The van der Waals surface area contributed by atoms with Gasteiger partial charge in [0.1, 0.15) is 24.1 Å². The van der Waals surface area contributed by atoms with Crippen LogP contribution in [0, 0.1) is 5.92 Å². The Hall–Kier alpha value is -2.52. The maximum atomic E-state index is 12.3. The lowest BCUT2D eigenvalue weighted by Gasteiger charge is -2.23. The molecular formula is C22H28N3O7P. The molecule has 5 atom stereocenters. The van der Waals surface area contributed by atoms with Gasteiger partial charge in [-0.2, -0.15) is 0 Å². The third kappa shape index (κ3) is 6.51. The lowest BCUT2D eigenvalue weighted by molar-refractivity contribution is -0.146. The molecule has 2 aliphatic rings. The Bertz CT molecular complexity index is 1060. The first kappa shape index (κ1) is 23.6. The fourth-order valence-corrected chi connectivity index (χ4v) is 4.69. The molecule has 1 saturated carbocycles. The highest BCUT2D eigenvalue weighted by Gasteiger charge is 2.35. The van der Waals surface area contributed by atoms with Gasteiger partial charge in [-0.05, 0) is 38.3 Å². The number of hydrogen-bond donors (Lipinski definition) is 2. The summed E-state index contributed by atoms with van der Waals surface area (Å²) in [5.41, 5.74) is -0.967. The van der Waals surface area contributed by atoms with Crippen molar-refractivity contribution in [3.8, 4) is 5.75 Å². The number of aromatic nitrogens is 2. The number of esters is 1. The molecule has 1 saturated heterocycles. The number of H-pyrrole nitrogens is 1. The summed E-state index contributed by atoms with van der Waals surface area (Å²) in [7, 11) is -1.67. The first-order valence-electron chi connectivity index (χ1n) is 11.0. The highest BCUT2D eigenvalue weighted by Crippen LogP contribution is 2.39. The van der Waals surface area contributed by atoms with Crippen LogP contribution in [0.3, 0.4) is 0 Å². The van der Waals surface area contributed by atoms with Crippen LogP contribution >= 0.6 is 8.53 Å². The quantitative estimate of drug-likeness (QED) is 0.396. The Kier molecular flexibility index (Phi) is 7.60. The molecule has 10 nitrogen and oxygen atoms in total. The van der Waals surface area contributed by atoms with Crippen LogP contribution in [0.4, 0.5) is 0 Å². The van der Waals surface area contributed by atoms with Gasteiger partial charge in [0, 0.05) is 18.2 Å². The molecule has 11 heteroatoms. The second-order valence-electron chi connectivity index (χ2n) is 8.32. The van der Waals surface area contributed by atoms with Crippen molar-refractivity contribution in [3.63, 3.8) is 0 Å². The van der Waals surface area contributed by atoms with Gasteiger partial charge >= 0.3 is 20.2 Å². The zero-order chi connectivity index (χ0) is 23.4. The van der Waals surface area contributed by atoms with Crippen molar-refractivity contribution < 1.29 is 23.3 Å². The molecule has 1 aromatic heterocycles. The molecule has 1 aliphatic carbocycles. The number of nitrogens with zero attached hydrogens (tertiary/aromatic N) is 1. The van der Waals surface area contributed by atoms with Gasteiger partial charge in [0.25, 0.3) is 5.56 Å². The van der Waals surface area contributed by atoms with E-state index in [2.05, 4.69) is 10.1 Å². The molecule has 2 fully saturated rings. The second kappa shape index (κ2) is 10.6. The molecule has 178 valence electrons. The summed E-state index contributed by atoms with van der Waals surface area (Å²) in [6, 6.07) is 9.88. The smallest absolute Gasteiger partial charge is 0.330 e. The van der Waals surface area contributed by atoms with Gasteiger partial charge < -0.3 is 18.5 Å². The summed E-state index contributed by atoms with van der Waals surface area (Å²) in [6.45, 7) is 3.89. The Balaban J connectivity index is 1.37. The lowest BCUT2D eigenvalue weighted by Crippen LogP contribution is -2.34. The van der Waals surface area contributed by atoms with Crippen LogP contribution in [0.15, 0.2) is 52.2 Å². The van der Waals surface area contributed by atoms with E-state index in [9.17, 15) is 14.4 Å². The molecule has 1 aliphatic heterocycles. The molecule has 0 spiro atoms. The van der Waals surface area contributed by atoms with Crippen molar-refractivity contribution in [2.75, 3.05) is 6.61 Å². The van der Waals surface area contributed by atoms with Crippen molar-refractivity contribution in [2.45, 2.75) is 57.6 Å². The summed E-state index contributed by atoms with van der Waals surface area (Å²) in [4.78, 5) is 38.0. The minimum atomic E-state index is -1.67. The van der Waals surface area contributed by atoms with E-state index in [1.54, 1.807) is 19.1 Å². The molecule has 0 bridgehead atoms. The number of carbonyl (C=O) groups excluding carboxylic acids is 1. The molecule has 2 heterocycles. The fraction of sp³-hybridized carbons (Fsp3) is 0.500. The maximum Gasteiger partial charge on any atom is 0.330 e. The van der Waals surface area contributed by atoms with E-state index >= 15 is 0 Å². The Labute approximate surface area is 192 Å².